The molecular formula is C22H35N2O5+. The van der Waals surface area contributed by atoms with Crippen molar-refractivity contribution in [3.8, 4) is 0 Å². The second kappa shape index (κ2) is 7.91. The number of amides is 1. The molecule has 4 aliphatic rings. The molecule has 0 aromatic rings. The fourth-order valence-electron chi connectivity index (χ4n) is 6.03. The van der Waals surface area contributed by atoms with E-state index in [4.69, 9.17) is 9.47 Å². The van der Waals surface area contributed by atoms with Crippen LogP contribution in [0.2, 0.25) is 0 Å². The van der Waals surface area contributed by atoms with Crippen molar-refractivity contribution in [3.63, 3.8) is 0 Å². The summed E-state index contributed by atoms with van der Waals surface area (Å²) in [4.78, 5) is 27.7. The number of carbonyl (C=O) groups is 2. The van der Waals surface area contributed by atoms with E-state index in [-0.39, 0.29) is 35.4 Å². The van der Waals surface area contributed by atoms with Crippen molar-refractivity contribution in [1.82, 2.24) is 4.90 Å². The zero-order valence-electron chi connectivity index (χ0n) is 17.9. The predicted molar refractivity (Wildman–Crippen MR) is 106 cm³/mol. The maximum Gasteiger partial charge on any atom is 0.410 e. The number of rotatable bonds is 3. The average Bonchev–Trinajstić information content (AvgIpc) is 3.00. The van der Waals surface area contributed by atoms with E-state index in [2.05, 4.69) is 19.9 Å². The lowest BCUT2D eigenvalue weighted by molar-refractivity contribution is -0.906. The molecule has 7 heteroatoms. The minimum atomic E-state index is -0.556. The lowest BCUT2D eigenvalue weighted by Crippen LogP contribution is -3.15. The third-order valence-electron chi connectivity index (χ3n) is 8.08. The Hall–Kier alpha value is -1.60. The first-order chi connectivity index (χ1) is 13.9. The number of ether oxygens (including phenoxy) is 2. The third kappa shape index (κ3) is 3.46. The van der Waals surface area contributed by atoms with Crippen LogP contribution in [0, 0.1) is 23.2 Å². The first kappa shape index (κ1) is 20.7. The van der Waals surface area contributed by atoms with Crippen LogP contribution < -0.4 is 4.90 Å². The number of quaternary nitrogens is 1. The Morgan fingerprint density at radius 2 is 2.14 bits per heavy atom. The molecule has 0 bridgehead atoms. The van der Waals surface area contributed by atoms with Crippen LogP contribution in [0.5, 0.6) is 0 Å². The predicted octanol–water partition coefficient (Wildman–Crippen LogP) is 0.628. The summed E-state index contributed by atoms with van der Waals surface area (Å²) in [7, 11) is 0. The van der Waals surface area contributed by atoms with Gasteiger partial charge in [-0.05, 0) is 25.7 Å². The molecule has 7 nitrogen and oxygen atoms in total. The Bertz CT molecular complexity index is 687. The van der Waals surface area contributed by atoms with E-state index in [9.17, 15) is 14.7 Å². The Balaban J connectivity index is 1.44. The molecule has 2 saturated heterocycles. The molecule has 162 valence electrons. The molecule has 2 N–H and O–H groups in total. The first-order valence-corrected chi connectivity index (χ1v) is 11.2. The molecule has 0 unspecified atom stereocenters. The van der Waals surface area contributed by atoms with Gasteiger partial charge in [0.15, 0.2) is 0 Å². The molecule has 0 aromatic carbocycles. The summed E-state index contributed by atoms with van der Waals surface area (Å²) in [6, 6.07) is 0. The van der Waals surface area contributed by atoms with Crippen molar-refractivity contribution in [3.05, 3.63) is 11.6 Å². The Labute approximate surface area is 173 Å². The average molecular weight is 408 g/mol. The van der Waals surface area contributed by atoms with E-state index in [0.29, 0.717) is 32.2 Å². The summed E-state index contributed by atoms with van der Waals surface area (Å²) in [5.74, 6) is -0.169. The minimum absolute atomic E-state index is 0.138. The molecule has 1 saturated carbocycles. The zero-order chi connectivity index (χ0) is 20.8. The van der Waals surface area contributed by atoms with E-state index in [0.717, 1.165) is 32.4 Å². The molecule has 2 aliphatic carbocycles. The van der Waals surface area contributed by atoms with Crippen LogP contribution in [0.3, 0.4) is 0 Å². The lowest BCUT2D eigenvalue weighted by Gasteiger charge is -2.51. The molecule has 4 rings (SSSR count). The lowest BCUT2D eigenvalue weighted by atomic mass is 9.55. The van der Waals surface area contributed by atoms with Crippen molar-refractivity contribution < 1.29 is 29.1 Å². The highest BCUT2D eigenvalue weighted by atomic mass is 16.6. The second-order valence-corrected chi connectivity index (χ2v) is 9.44. The summed E-state index contributed by atoms with van der Waals surface area (Å²) < 4.78 is 10.9. The number of aliphatic hydroxyl groups excluding tert-OH is 1. The molecule has 2 heterocycles. The Morgan fingerprint density at radius 3 is 2.83 bits per heavy atom. The number of carbonyl (C=O) groups excluding carboxylic acids is 2. The number of hydrogen-bond acceptors (Lipinski definition) is 5. The van der Waals surface area contributed by atoms with Crippen LogP contribution in [0.15, 0.2) is 11.6 Å². The van der Waals surface area contributed by atoms with Crippen molar-refractivity contribution in [2.75, 3.05) is 39.3 Å². The summed E-state index contributed by atoms with van der Waals surface area (Å²) in [6.45, 7) is 10.1. The van der Waals surface area contributed by atoms with Gasteiger partial charge in [0, 0.05) is 17.8 Å². The smallest absolute Gasteiger partial charge is 0.410 e. The standard InChI is InChI=1S/C22H34N2O5/c1-4-28-21(27)24-10-8-23(9-11-24)13-16-18-17(29-20(16)26)12-15-7-5-6-14(2)22(15,3)19(18)25/h7,14,16-19,25H,4-6,8-13H2,1-3H3/p+1/t14-,16-,17-,18-,19-,22-/m1/s1. The largest absolute Gasteiger partial charge is 0.461 e. The van der Waals surface area contributed by atoms with Gasteiger partial charge in [-0.1, -0.05) is 25.5 Å². The van der Waals surface area contributed by atoms with Gasteiger partial charge in [-0.15, -0.1) is 0 Å². The molecule has 1 amide bonds. The summed E-state index contributed by atoms with van der Waals surface area (Å²) in [5, 5.41) is 11.4. The van der Waals surface area contributed by atoms with E-state index < -0.39 is 6.10 Å². The van der Waals surface area contributed by atoms with Crippen LogP contribution in [-0.2, 0) is 14.3 Å². The van der Waals surface area contributed by atoms with Gasteiger partial charge in [-0.25, -0.2) is 4.79 Å². The molecular weight excluding hydrogens is 372 g/mol. The topological polar surface area (TPSA) is 80.5 Å². The number of hydrogen-bond donors (Lipinski definition) is 2. The number of nitrogens with one attached hydrogen (secondary N) is 1. The second-order valence-electron chi connectivity index (χ2n) is 9.44. The minimum Gasteiger partial charge on any atom is -0.461 e. The first-order valence-electron chi connectivity index (χ1n) is 11.2. The molecule has 0 radical (unpaired) electrons. The maximum absolute atomic E-state index is 12.8. The normalized spacial score (nSPS) is 40.0. The molecule has 6 atom stereocenters. The van der Waals surface area contributed by atoms with Crippen molar-refractivity contribution in [2.45, 2.75) is 52.2 Å². The monoisotopic (exact) mass is 407 g/mol. The highest BCUT2D eigenvalue weighted by Crippen LogP contribution is 2.55. The van der Waals surface area contributed by atoms with Gasteiger partial charge in [0.25, 0.3) is 0 Å². The van der Waals surface area contributed by atoms with Crippen LogP contribution in [0.1, 0.15) is 40.0 Å². The summed E-state index contributed by atoms with van der Waals surface area (Å²) in [6.07, 6.45) is 4.13. The van der Waals surface area contributed by atoms with Crippen LogP contribution in [0.25, 0.3) is 0 Å². The summed E-state index contributed by atoms with van der Waals surface area (Å²) in [5.41, 5.74) is 1.01. The van der Waals surface area contributed by atoms with Crippen LogP contribution in [-0.4, -0.2) is 73.6 Å². The Morgan fingerprint density at radius 1 is 1.41 bits per heavy atom. The van der Waals surface area contributed by atoms with E-state index >= 15 is 0 Å². The quantitative estimate of drug-likeness (QED) is 0.530. The van der Waals surface area contributed by atoms with Gasteiger partial charge < -0.3 is 19.5 Å². The molecule has 3 fully saturated rings. The van der Waals surface area contributed by atoms with Gasteiger partial charge in [-0.2, -0.15) is 0 Å². The fraction of sp³-hybridized carbons (Fsp3) is 0.818. The summed E-state index contributed by atoms with van der Waals surface area (Å²) >= 11 is 0. The van der Waals surface area contributed by atoms with Gasteiger partial charge in [0.05, 0.1) is 45.4 Å². The van der Waals surface area contributed by atoms with Gasteiger partial charge in [0.1, 0.15) is 12.0 Å². The number of nitrogens with zero attached hydrogens (tertiary/aromatic N) is 1. The van der Waals surface area contributed by atoms with Gasteiger partial charge in [0.2, 0.25) is 0 Å². The zero-order valence-corrected chi connectivity index (χ0v) is 17.9. The van der Waals surface area contributed by atoms with Crippen LogP contribution >= 0.6 is 0 Å². The Kier molecular flexibility index (Phi) is 5.64. The SMILES string of the molecule is CCOC(=O)N1CC[NH+](C[C@H]2C(=O)O[C@@H]3CC4=CCC[C@@H](C)[C@@]4(C)[C@H](O)[C@@H]32)CC1. The van der Waals surface area contributed by atoms with E-state index in [1.165, 1.54) is 10.5 Å². The number of allylic oxidation sites excluding steroid dienone is 1. The van der Waals surface area contributed by atoms with Crippen molar-refractivity contribution >= 4 is 12.1 Å². The fourth-order valence-corrected chi connectivity index (χ4v) is 6.03. The van der Waals surface area contributed by atoms with E-state index in [1.807, 2.05) is 6.92 Å². The third-order valence-corrected chi connectivity index (χ3v) is 8.08. The highest BCUT2D eigenvalue weighted by molar-refractivity contribution is 5.76. The van der Waals surface area contributed by atoms with Gasteiger partial charge in [-0.3, -0.25) is 9.69 Å². The highest BCUT2D eigenvalue weighted by Gasteiger charge is 2.60. The van der Waals surface area contributed by atoms with Crippen molar-refractivity contribution in [2.24, 2.45) is 23.2 Å². The number of piperazine rings is 1. The molecule has 0 aromatic heterocycles. The van der Waals surface area contributed by atoms with Gasteiger partial charge >= 0.3 is 12.1 Å². The van der Waals surface area contributed by atoms with E-state index in [1.54, 1.807) is 4.90 Å². The number of fused-ring (bicyclic) bond motifs is 2. The van der Waals surface area contributed by atoms with Crippen molar-refractivity contribution in [1.29, 1.82) is 0 Å². The molecule has 0 spiro atoms. The molecule has 29 heavy (non-hydrogen) atoms. The number of esters is 1. The molecule has 2 aliphatic heterocycles. The van der Waals surface area contributed by atoms with Crippen LogP contribution in [0.4, 0.5) is 4.79 Å². The maximum atomic E-state index is 12.8. The number of aliphatic hydroxyl groups is 1.